The van der Waals surface area contributed by atoms with Crippen molar-refractivity contribution in [1.29, 1.82) is 0 Å². The number of halogens is 3. The van der Waals surface area contributed by atoms with Crippen molar-refractivity contribution in [3.8, 4) is 11.6 Å². The van der Waals surface area contributed by atoms with Crippen molar-refractivity contribution in [2.24, 2.45) is 5.41 Å². The summed E-state index contributed by atoms with van der Waals surface area (Å²) in [5.41, 5.74) is 7.65. The van der Waals surface area contributed by atoms with Crippen LogP contribution in [0.4, 0.5) is 29.7 Å². The second kappa shape index (κ2) is 14.9. The van der Waals surface area contributed by atoms with Crippen LogP contribution >= 0.6 is 0 Å². The minimum absolute atomic E-state index is 0.0611. The van der Waals surface area contributed by atoms with Gasteiger partial charge >= 0.3 is 18.2 Å². The number of nitrogens with zero attached hydrogens (tertiary/aromatic N) is 6. The number of hydrogen-bond donors (Lipinski definition) is 1. The van der Waals surface area contributed by atoms with E-state index in [2.05, 4.69) is 21.6 Å². The Labute approximate surface area is 299 Å². The van der Waals surface area contributed by atoms with Crippen LogP contribution in [-0.2, 0) is 20.9 Å². The molecule has 2 aromatic heterocycles. The molecule has 0 bridgehead atoms. The van der Waals surface area contributed by atoms with E-state index in [4.69, 9.17) is 19.9 Å². The lowest BCUT2D eigenvalue weighted by Crippen LogP contribution is -2.43. The highest BCUT2D eigenvalue weighted by atomic mass is 19.4. The highest BCUT2D eigenvalue weighted by Gasteiger charge is 2.51. The number of aromatic nitrogens is 4. The molecule has 2 aliphatic rings. The summed E-state index contributed by atoms with van der Waals surface area (Å²) in [5.74, 6) is -0.805. The van der Waals surface area contributed by atoms with Gasteiger partial charge in [-0.25, -0.2) is 14.3 Å². The van der Waals surface area contributed by atoms with E-state index in [1.807, 2.05) is 35.2 Å². The van der Waals surface area contributed by atoms with Gasteiger partial charge in [0, 0.05) is 37.5 Å². The average molecular weight is 720 g/mol. The van der Waals surface area contributed by atoms with Crippen molar-refractivity contribution < 1.29 is 37.0 Å². The molecule has 2 saturated heterocycles. The molecule has 2 N–H and O–H groups in total. The van der Waals surface area contributed by atoms with Gasteiger partial charge in [-0.15, -0.1) is 0 Å². The van der Waals surface area contributed by atoms with Crippen LogP contribution in [0.15, 0.2) is 73.4 Å². The highest BCUT2D eigenvalue weighted by Crippen LogP contribution is 2.45. The molecule has 0 radical (unpaired) electrons. The number of nitrogens with two attached hydrogens (primary N) is 1. The van der Waals surface area contributed by atoms with E-state index in [1.165, 1.54) is 33.9 Å². The van der Waals surface area contributed by atoms with Crippen LogP contribution in [0.25, 0.3) is 11.8 Å². The smallest absolute Gasteiger partial charge is 0.429 e. The topological polar surface area (TPSA) is 138 Å². The molecule has 4 aromatic rings. The monoisotopic (exact) mass is 719 g/mol. The summed E-state index contributed by atoms with van der Waals surface area (Å²) in [4.78, 5) is 37.9. The quantitative estimate of drug-likeness (QED) is 0.182. The number of benzene rings is 2. The Morgan fingerprint density at radius 2 is 1.83 bits per heavy atom. The Kier molecular flexibility index (Phi) is 10.4. The van der Waals surface area contributed by atoms with Crippen molar-refractivity contribution in [1.82, 2.24) is 24.6 Å². The zero-order valence-electron chi connectivity index (χ0n) is 28.9. The van der Waals surface area contributed by atoms with Crippen LogP contribution in [0.5, 0.6) is 5.88 Å². The molecule has 0 aliphatic carbocycles. The van der Waals surface area contributed by atoms with Crippen LogP contribution < -0.4 is 15.4 Å². The maximum atomic E-state index is 14.7. The maximum absolute atomic E-state index is 14.7. The molecule has 1 amide bonds. The maximum Gasteiger partial charge on any atom is 0.429 e. The fraction of sp³-hybridized carbons (Fsp3) is 0.378. The van der Waals surface area contributed by atoms with E-state index in [-0.39, 0.29) is 42.8 Å². The molecule has 15 heteroatoms. The number of nitrogen functional groups attached to an aromatic ring is 1. The number of esters is 1. The molecule has 12 nitrogen and oxygen atoms in total. The first-order valence-electron chi connectivity index (χ1n) is 16.9. The Morgan fingerprint density at radius 3 is 2.48 bits per heavy atom. The molecule has 2 aliphatic heterocycles. The summed E-state index contributed by atoms with van der Waals surface area (Å²) in [6, 6.07) is 15.9. The number of hydrogen-bond acceptors (Lipinski definition) is 10. The van der Waals surface area contributed by atoms with Gasteiger partial charge in [0.15, 0.2) is 0 Å². The number of carbonyl (C=O) groups excluding carboxylic acids is 2. The van der Waals surface area contributed by atoms with Gasteiger partial charge in [0.05, 0.1) is 18.0 Å². The molecule has 1 unspecified atom stereocenters. The standard InChI is InChI=1S/C37H40F3N7O5/c1-4-25-11-12-27(28(19-25)47-16-13-24(3)44-47)32(37(38,39)40)52-31-20-30(42-34(41)43-31)45-17-14-36(15-18-45)21-29(33(48)50-5-2)46(23-36)35(49)51-22-26-9-7-6-8-10-26/h4,6-13,16,19-20,29,32H,1,5,14-15,17-18,21-23H2,2-3H3,(H2,41,42,43)/t29?,32-/m1/s1. The summed E-state index contributed by atoms with van der Waals surface area (Å²) in [5, 5.41) is 4.32. The molecule has 0 saturated carbocycles. The molecule has 1 spiro atoms. The number of likely N-dealkylation sites (tertiary alicyclic amines) is 1. The number of alkyl halides is 3. The van der Waals surface area contributed by atoms with Gasteiger partial charge in [-0.3, -0.25) is 4.90 Å². The number of piperidine rings is 1. The van der Waals surface area contributed by atoms with Gasteiger partial charge in [0.25, 0.3) is 0 Å². The van der Waals surface area contributed by atoms with Crippen LogP contribution in [0.2, 0.25) is 0 Å². The number of amides is 1. The predicted molar refractivity (Wildman–Crippen MR) is 187 cm³/mol. The first-order valence-corrected chi connectivity index (χ1v) is 16.9. The van der Waals surface area contributed by atoms with Gasteiger partial charge < -0.3 is 24.8 Å². The Bertz CT molecular complexity index is 1910. The normalized spacial score (nSPS) is 17.5. The summed E-state index contributed by atoms with van der Waals surface area (Å²) >= 11 is 0. The second-order valence-corrected chi connectivity index (χ2v) is 13.0. The lowest BCUT2D eigenvalue weighted by atomic mass is 9.76. The van der Waals surface area contributed by atoms with Crippen molar-refractivity contribution in [3.63, 3.8) is 0 Å². The zero-order valence-corrected chi connectivity index (χ0v) is 28.9. The highest BCUT2D eigenvalue weighted by molar-refractivity contribution is 5.82. The molecule has 2 aromatic carbocycles. The van der Waals surface area contributed by atoms with Gasteiger partial charge in [-0.2, -0.15) is 28.2 Å². The first kappa shape index (κ1) is 36.2. The number of carbonyl (C=O) groups is 2. The first-order chi connectivity index (χ1) is 24.9. The Morgan fingerprint density at radius 1 is 1.08 bits per heavy atom. The third-order valence-corrected chi connectivity index (χ3v) is 9.44. The average Bonchev–Trinajstić information content (AvgIpc) is 3.73. The largest absolute Gasteiger partial charge is 0.464 e. The minimum atomic E-state index is -4.84. The van der Waals surface area contributed by atoms with Crippen molar-refractivity contribution in [3.05, 3.63) is 95.8 Å². The van der Waals surface area contributed by atoms with E-state index in [0.29, 0.717) is 49.4 Å². The molecule has 6 rings (SSSR count). The zero-order chi connectivity index (χ0) is 37.0. The summed E-state index contributed by atoms with van der Waals surface area (Å²) in [6.07, 6.45) is -3.25. The number of rotatable bonds is 10. The van der Waals surface area contributed by atoms with Gasteiger partial charge in [-0.05, 0) is 61.8 Å². The van der Waals surface area contributed by atoms with Crippen LogP contribution in [0.3, 0.4) is 0 Å². The number of anilines is 2. The predicted octanol–water partition coefficient (Wildman–Crippen LogP) is 6.44. The van der Waals surface area contributed by atoms with Gasteiger partial charge in [0.2, 0.25) is 17.9 Å². The van der Waals surface area contributed by atoms with E-state index in [0.717, 1.165) is 5.56 Å². The van der Waals surface area contributed by atoms with E-state index >= 15 is 0 Å². The van der Waals surface area contributed by atoms with Crippen molar-refractivity contribution in [2.75, 3.05) is 36.9 Å². The molecule has 52 heavy (non-hydrogen) atoms. The minimum Gasteiger partial charge on any atom is -0.464 e. The lowest BCUT2D eigenvalue weighted by Gasteiger charge is -2.39. The lowest BCUT2D eigenvalue weighted by molar-refractivity contribution is -0.198. The number of ether oxygens (including phenoxy) is 3. The van der Waals surface area contributed by atoms with Crippen LogP contribution in [0, 0.1) is 12.3 Å². The molecular formula is C37H40F3N7O5. The third-order valence-electron chi connectivity index (χ3n) is 9.44. The van der Waals surface area contributed by atoms with E-state index in [9.17, 15) is 22.8 Å². The fourth-order valence-electron chi connectivity index (χ4n) is 6.81. The van der Waals surface area contributed by atoms with Gasteiger partial charge in [-0.1, -0.05) is 55.1 Å². The van der Waals surface area contributed by atoms with E-state index in [1.54, 1.807) is 32.2 Å². The molecular weight excluding hydrogens is 679 g/mol. The number of aryl methyl sites for hydroxylation is 1. The van der Waals surface area contributed by atoms with Crippen LogP contribution in [0.1, 0.15) is 54.7 Å². The van der Waals surface area contributed by atoms with Gasteiger partial charge in [0.1, 0.15) is 18.5 Å². The Hall–Kier alpha value is -5.60. The SMILES string of the molecule is C=Cc1ccc([C@@H](Oc2cc(N3CCC4(CC3)CC(C(=O)OCC)N(C(=O)OCc3ccccc3)C4)nc(N)n2)C(F)(F)F)c(-n2ccc(C)n2)c1. The fourth-order valence-corrected chi connectivity index (χ4v) is 6.81. The molecule has 274 valence electrons. The summed E-state index contributed by atoms with van der Waals surface area (Å²) in [7, 11) is 0. The third kappa shape index (κ3) is 7.98. The van der Waals surface area contributed by atoms with Crippen molar-refractivity contribution in [2.45, 2.75) is 58.0 Å². The summed E-state index contributed by atoms with van der Waals surface area (Å²) in [6.45, 7) is 8.54. The van der Waals surface area contributed by atoms with Crippen LogP contribution in [-0.4, -0.2) is 75.2 Å². The van der Waals surface area contributed by atoms with E-state index < -0.39 is 35.8 Å². The second-order valence-electron chi connectivity index (χ2n) is 13.0. The molecule has 2 fully saturated rings. The summed E-state index contributed by atoms with van der Waals surface area (Å²) < 4.78 is 62.1. The Balaban J connectivity index is 1.19. The molecule has 2 atom stereocenters. The van der Waals surface area contributed by atoms with Crippen molar-refractivity contribution >= 4 is 29.9 Å². The molecule has 4 heterocycles.